The molecule has 6 heteroatoms. The molecular weight excluding hydrogens is 486 g/mol. The van der Waals surface area contributed by atoms with Crippen LogP contribution in [0.25, 0.3) is 12.2 Å². The smallest absolute Gasteiger partial charge is 0.188 e. The molecule has 0 spiro atoms. The van der Waals surface area contributed by atoms with Crippen LogP contribution in [0.2, 0.25) is 0 Å². The summed E-state index contributed by atoms with van der Waals surface area (Å²) in [5, 5.41) is 19.4. The van der Waals surface area contributed by atoms with Crippen LogP contribution in [0.4, 0.5) is 0 Å². The van der Waals surface area contributed by atoms with Crippen molar-refractivity contribution in [3.63, 3.8) is 0 Å². The fourth-order valence-corrected chi connectivity index (χ4v) is 4.86. The predicted molar refractivity (Wildman–Crippen MR) is 117 cm³/mol. The van der Waals surface area contributed by atoms with Crippen LogP contribution in [-0.4, -0.2) is 40.0 Å². The average Bonchev–Trinajstić information content (AvgIpc) is 2.97. The molecule has 2 bridgehead atoms. The number of halogens is 2. The zero-order valence-electron chi connectivity index (χ0n) is 15.2. The van der Waals surface area contributed by atoms with Gasteiger partial charge in [0.1, 0.15) is 11.5 Å². The minimum Gasteiger partial charge on any atom is -0.507 e. The Morgan fingerprint density at radius 1 is 0.893 bits per heavy atom. The van der Waals surface area contributed by atoms with Crippen molar-refractivity contribution in [1.82, 2.24) is 4.90 Å². The van der Waals surface area contributed by atoms with Crippen molar-refractivity contribution in [2.24, 2.45) is 0 Å². The van der Waals surface area contributed by atoms with Gasteiger partial charge in [-0.1, -0.05) is 12.1 Å². The summed E-state index contributed by atoms with van der Waals surface area (Å²) < 4.78 is 1.21. The number of phenols is 2. The zero-order chi connectivity index (χ0) is 20.0. The van der Waals surface area contributed by atoms with Gasteiger partial charge in [-0.2, -0.15) is 0 Å². The van der Waals surface area contributed by atoms with Gasteiger partial charge in [-0.05, 0) is 99.3 Å². The summed E-state index contributed by atoms with van der Waals surface area (Å²) in [7, 11) is 2.07. The van der Waals surface area contributed by atoms with Crippen molar-refractivity contribution >= 4 is 49.8 Å². The van der Waals surface area contributed by atoms with Gasteiger partial charge in [0.15, 0.2) is 5.78 Å². The summed E-state index contributed by atoms with van der Waals surface area (Å²) in [6.07, 6.45) is 5.73. The number of hydrogen-bond acceptors (Lipinski definition) is 4. The van der Waals surface area contributed by atoms with Crippen LogP contribution < -0.4 is 0 Å². The highest BCUT2D eigenvalue weighted by Crippen LogP contribution is 2.41. The first-order valence-electron chi connectivity index (χ1n) is 9.02. The van der Waals surface area contributed by atoms with Crippen molar-refractivity contribution in [3.05, 3.63) is 67.6 Å². The SMILES string of the molecule is CN1[C@@H]2CC[C@H]1/C(=C\c1ccc(O)c(Br)c1)C(=O)/C2=C\c1ccc(O)c(Br)c1. The summed E-state index contributed by atoms with van der Waals surface area (Å²) in [4.78, 5) is 15.6. The van der Waals surface area contributed by atoms with Crippen molar-refractivity contribution in [1.29, 1.82) is 0 Å². The Hall–Kier alpha value is -1.89. The molecule has 2 aromatic rings. The quantitative estimate of drug-likeness (QED) is 0.556. The van der Waals surface area contributed by atoms with E-state index in [9.17, 15) is 15.0 Å². The molecule has 2 aliphatic rings. The lowest BCUT2D eigenvalue weighted by Crippen LogP contribution is -2.43. The van der Waals surface area contributed by atoms with Crippen molar-refractivity contribution in [2.45, 2.75) is 24.9 Å². The molecule has 2 atom stereocenters. The van der Waals surface area contributed by atoms with E-state index in [2.05, 4.69) is 43.8 Å². The molecular formula is C22H19Br2NO3. The molecule has 2 saturated heterocycles. The third-order valence-electron chi connectivity index (χ3n) is 5.53. The van der Waals surface area contributed by atoms with E-state index in [1.165, 1.54) is 0 Å². The van der Waals surface area contributed by atoms with Crippen molar-refractivity contribution in [3.8, 4) is 11.5 Å². The van der Waals surface area contributed by atoms with Crippen LogP contribution in [0.3, 0.4) is 0 Å². The highest BCUT2D eigenvalue weighted by Gasteiger charge is 2.44. The van der Waals surface area contributed by atoms with Gasteiger partial charge in [0.05, 0.1) is 8.95 Å². The number of Topliss-reactive ketones (excluding diaryl/α,β-unsaturated/α-hetero) is 1. The third-order valence-corrected chi connectivity index (χ3v) is 6.80. The van der Waals surface area contributed by atoms with E-state index in [-0.39, 0.29) is 29.4 Å². The van der Waals surface area contributed by atoms with Gasteiger partial charge < -0.3 is 10.2 Å². The standard InChI is InChI=1S/C22H19Br2NO3/c1-25-18-4-5-19(25)15(9-13-3-7-21(27)17(24)11-13)22(28)14(18)8-12-2-6-20(26)16(23)10-12/h2-3,6-11,18-19,26-27H,4-5H2,1H3/b14-8-,15-9+/t18-,19+/m1/s1. The fraction of sp³-hybridized carbons (Fsp3) is 0.227. The second-order valence-electron chi connectivity index (χ2n) is 7.22. The maximum absolute atomic E-state index is 13.4. The number of aromatic hydroxyl groups is 2. The monoisotopic (exact) mass is 503 g/mol. The molecule has 2 heterocycles. The van der Waals surface area contributed by atoms with E-state index in [1.54, 1.807) is 12.1 Å². The lowest BCUT2D eigenvalue weighted by Gasteiger charge is -2.34. The highest BCUT2D eigenvalue weighted by atomic mass is 79.9. The first kappa shape index (κ1) is 19.4. The molecule has 0 amide bonds. The van der Waals surface area contributed by atoms with Crippen LogP contribution in [0, 0.1) is 0 Å². The fourth-order valence-electron chi connectivity index (χ4n) is 4.07. The summed E-state index contributed by atoms with van der Waals surface area (Å²) in [5.41, 5.74) is 3.30. The number of nitrogens with zero attached hydrogens (tertiary/aromatic N) is 1. The van der Waals surface area contributed by atoms with Crippen LogP contribution in [0.1, 0.15) is 24.0 Å². The Morgan fingerprint density at radius 3 is 1.71 bits per heavy atom. The van der Waals surface area contributed by atoms with Crippen molar-refractivity contribution < 1.29 is 15.0 Å². The second kappa shape index (κ2) is 7.50. The van der Waals surface area contributed by atoms with Crippen molar-refractivity contribution in [2.75, 3.05) is 7.05 Å². The number of phenolic OH excluding ortho intramolecular Hbond substituents is 2. The summed E-state index contributed by atoms with van der Waals surface area (Å²) in [6, 6.07) is 10.7. The van der Waals surface area contributed by atoms with Gasteiger partial charge in [0.25, 0.3) is 0 Å². The second-order valence-corrected chi connectivity index (χ2v) is 8.93. The lowest BCUT2D eigenvalue weighted by molar-refractivity contribution is -0.114. The van der Waals surface area contributed by atoms with E-state index >= 15 is 0 Å². The Balaban J connectivity index is 1.77. The zero-order valence-corrected chi connectivity index (χ0v) is 18.4. The maximum atomic E-state index is 13.4. The van der Waals surface area contributed by atoms with Gasteiger partial charge in [-0.3, -0.25) is 9.69 Å². The minimum absolute atomic E-state index is 0.0685. The molecule has 2 N–H and O–H groups in total. The number of benzene rings is 2. The van der Waals surface area contributed by atoms with E-state index in [0.717, 1.165) is 35.1 Å². The molecule has 0 aliphatic carbocycles. The molecule has 0 radical (unpaired) electrons. The van der Waals surface area contributed by atoms with Crippen LogP contribution in [0.15, 0.2) is 56.5 Å². The van der Waals surface area contributed by atoms with Gasteiger partial charge >= 0.3 is 0 Å². The molecule has 4 nitrogen and oxygen atoms in total. The number of rotatable bonds is 2. The van der Waals surface area contributed by atoms with E-state index < -0.39 is 0 Å². The normalized spacial score (nSPS) is 25.0. The topological polar surface area (TPSA) is 60.8 Å². The van der Waals surface area contributed by atoms with Gasteiger partial charge in [0, 0.05) is 23.2 Å². The highest BCUT2D eigenvalue weighted by molar-refractivity contribution is 9.10. The molecule has 2 aromatic carbocycles. The lowest BCUT2D eigenvalue weighted by atomic mass is 9.88. The van der Waals surface area contributed by atoms with Gasteiger partial charge in [0.2, 0.25) is 0 Å². The Labute approximate surface area is 180 Å². The molecule has 2 fully saturated rings. The number of hydrogen-bond donors (Lipinski definition) is 2. The number of fused-ring (bicyclic) bond motifs is 2. The van der Waals surface area contributed by atoms with Crippen LogP contribution in [-0.2, 0) is 4.79 Å². The summed E-state index contributed by atoms with van der Waals surface area (Å²) in [6.45, 7) is 0. The number of piperidine rings is 1. The van der Waals surface area contributed by atoms with Gasteiger partial charge in [-0.15, -0.1) is 0 Å². The Morgan fingerprint density at radius 2 is 1.32 bits per heavy atom. The average molecular weight is 505 g/mol. The summed E-state index contributed by atoms with van der Waals surface area (Å²) >= 11 is 6.67. The largest absolute Gasteiger partial charge is 0.507 e. The molecule has 0 aromatic heterocycles. The van der Waals surface area contributed by atoms with E-state index in [4.69, 9.17) is 0 Å². The first-order chi connectivity index (χ1) is 13.3. The predicted octanol–water partition coefficient (Wildman–Crippen LogP) is 5.14. The number of carbonyl (C=O) groups excluding carboxylic acids is 1. The van der Waals surface area contributed by atoms with Gasteiger partial charge in [-0.25, -0.2) is 0 Å². The molecule has 28 heavy (non-hydrogen) atoms. The number of ketones is 1. The molecule has 2 aliphatic heterocycles. The molecule has 4 rings (SSSR count). The minimum atomic E-state index is 0.0685. The van der Waals surface area contributed by atoms with Crippen LogP contribution in [0.5, 0.6) is 11.5 Å². The van der Waals surface area contributed by atoms with Crippen LogP contribution >= 0.6 is 31.9 Å². The molecule has 0 saturated carbocycles. The van der Waals surface area contributed by atoms with E-state index in [0.29, 0.717) is 8.95 Å². The molecule has 0 unspecified atom stereocenters. The first-order valence-corrected chi connectivity index (χ1v) is 10.6. The Kier molecular flexibility index (Phi) is 5.21. The number of likely N-dealkylation sites (N-methyl/N-ethyl adjacent to an activating group) is 1. The Bertz CT molecular complexity index is 949. The third kappa shape index (κ3) is 3.45. The molecule has 144 valence electrons. The van der Waals surface area contributed by atoms with E-state index in [1.807, 2.05) is 36.4 Å². The summed E-state index contributed by atoms with van der Waals surface area (Å²) in [5.74, 6) is 0.418. The maximum Gasteiger partial charge on any atom is 0.188 e. The number of carbonyl (C=O) groups is 1.